The Labute approximate surface area is 168 Å². The Hall–Kier alpha value is -3.39. The van der Waals surface area contributed by atoms with E-state index in [4.69, 9.17) is 4.52 Å². The first kappa shape index (κ1) is 17.7. The van der Waals surface area contributed by atoms with Crippen LogP contribution in [0.3, 0.4) is 0 Å². The number of aromatic amines is 1. The molecule has 4 heterocycles. The van der Waals surface area contributed by atoms with Crippen LogP contribution in [0.15, 0.2) is 59.8 Å². The zero-order valence-corrected chi connectivity index (χ0v) is 15.9. The predicted octanol–water partition coefficient (Wildman–Crippen LogP) is 2.98. The first-order valence-corrected chi connectivity index (χ1v) is 9.76. The summed E-state index contributed by atoms with van der Waals surface area (Å²) in [6.45, 7) is 1.72. The van der Waals surface area contributed by atoms with E-state index in [2.05, 4.69) is 59.2 Å². The second kappa shape index (κ2) is 7.92. The van der Waals surface area contributed by atoms with Crippen LogP contribution < -0.4 is 0 Å². The second-order valence-corrected chi connectivity index (χ2v) is 7.15. The summed E-state index contributed by atoms with van der Waals surface area (Å²) in [6.07, 6.45) is 9.47. The molecule has 0 amide bonds. The SMILES string of the molecule is c1ccc(CCCN2Cc3[nH]cnc3CC2c2nc(-c3cnccn3)no2)cc1. The van der Waals surface area contributed by atoms with Crippen molar-refractivity contribution in [3.05, 3.63) is 78.1 Å². The van der Waals surface area contributed by atoms with Gasteiger partial charge in [-0.1, -0.05) is 35.5 Å². The van der Waals surface area contributed by atoms with Gasteiger partial charge in [0.15, 0.2) is 0 Å². The Bertz CT molecular complexity index is 1060. The van der Waals surface area contributed by atoms with Crippen LogP contribution >= 0.6 is 0 Å². The number of hydrogen-bond donors (Lipinski definition) is 1. The Morgan fingerprint density at radius 1 is 1.14 bits per heavy atom. The predicted molar refractivity (Wildman–Crippen MR) is 106 cm³/mol. The summed E-state index contributed by atoms with van der Waals surface area (Å²) in [5.41, 5.74) is 4.18. The van der Waals surface area contributed by atoms with Crippen molar-refractivity contribution < 1.29 is 4.52 Å². The summed E-state index contributed by atoms with van der Waals surface area (Å²) in [5, 5.41) is 4.12. The summed E-state index contributed by atoms with van der Waals surface area (Å²) in [7, 11) is 0. The summed E-state index contributed by atoms with van der Waals surface area (Å²) >= 11 is 0. The quantitative estimate of drug-likeness (QED) is 0.543. The number of hydrogen-bond acceptors (Lipinski definition) is 7. The van der Waals surface area contributed by atoms with Crippen molar-refractivity contribution in [2.45, 2.75) is 31.8 Å². The van der Waals surface area contributed by atoms with Crippen LogP contribution in [-0.4, -0.2) is 41.5 Å². The molecule has 146 valence electrons. The summed E-state index contributed by atoms with van der Waals surface area (Å²) < 4.78 is 5.64. The van der Waals surface area contributed by atoms with E-state index in [0.717, 1.165) is 43.7 Å². The van der Waals surface area contributed by atoms with Crippen LogP contribution in [0.1, 0.15) is 35.3 Å². The van der Waals surface area contributed by atoms with Gasteiger partial charge in [-0.2, -0.15) is 4.98 Å². The fraction of sp³-hybridized carbons (Fsp3) is 0.286. The molecule has 5 rings (SSSR count). The molecule has 0 saturated carbocycles. The van der Waals surface area contributed by atoms with E-state index in [-0.39, 0.29) is 6.04 Å². The number of aromatic nitrogens is 6. The molecule has 0 bridgehead atoms. The molecule has 4 aromatic rings. The fourth-order valence-corrected chi connectivity index (χ4v) is 3.79. The van der Waals surface area contributed by atoms with Gasteiger partial charge < -0.3 is 9.51 Å². The molecule has 1 atom stereocenters. The van der Waals surface area contributed by atoms with Crippen molar-refractivity contribution >= 4 is 0 Å². The van der Waals surface area contributed by atoms with E-state index in [9.17, 15) is 0 Å². The normalized spacial score (nSPS) is 16.6. The molecule has 1 aliphatic rings. The first-order chi connectivity index (χ1) is 14.4. The maximum Gasteiger partial charge on any atom is 0.244 e. The average Bonchev–Trinajstić information content (AvgIpc) is 3.44. The number of rotatable bonds is 6. The highest BCUT2D eigenvalue weighted by molar-refractivity contribution is 5.45. The lowest BCUT2D eigenvalue weighted by atomic mass is 10.0. The van der Waals surface area contributed by atoms with E-state index < -0.39 is 0 Å². The highest BCUT2D eigenvalue weighted by Gasteiger charge is 2.33. The highest BCUT2D eigenvalue weighted by atomic mass is 16.5. The van der Waals surface area contributed by atoms with Crippen molar-refractivity contribution in [2.75, 3.05) is 6.54 Å². The fourth-order valence-electron chi connectivity index (χ4n) is 3.79. The van der Waals surface area contributed by atoms with Crippen molar-refractivity contribution in [2.24, 2.45) is 0 Å². The molecule has 29 heavy (non-hydrogen) atoms. The van der Waals surface area contributed by atoms with Crippen LogP contribution in [0.5, 0.6) is 0 Å². The standard InChI is InChI=1S/C21H21N7O/c1-2-5-15(6-3-1)7-4-10-28-13-18-16(24-14-25-18)11-19(28)21-26-20(27-29-21)17-12-22-8-9-23-17/h1-3,5-6,8-9,12,14,19H,4,7,10-11,13H2,(H,24,25). The van der Waals surface area contributed by atoms with Gasteiger partial charge in [0.05, 0.1) is 30.0 Å². The summed E-state index contributed by atoms with van der Waals surface area (Å²) in [4.78, 5) is 23.1. The molecular formula is C21H21N7O. The number of imidazole rings is 1. The second-order valence-electron chi connectivity index (χ2n) is 7.15. The molecule has 3 aromatic heterocycles. The third-order valence-electron chi connectivity index (χ3n) is 5.27. The molecule has 8 heteroatoms. The van der Waals surface area contributed by atoms with E-state index in [1.807, 2.05) is 6.07 Å². The molecule has 0 spiro atoms. The number of fused-ring (bicyclic) bond motifs is 1. The number of nitrogens with one attached hydrogen (secondary N) is 1. The molecule has 0 radical (unpaired) electrons. The molecule has 1 N–H and O–H groups in total. The maximum atomic E-state index is 5.64. The van der Waals surface area contributed by atoms with Crippen molar-refractivity contribution in [3.8, 4) is 11.5 Å². The first-order valence-electron chi connectivity index (χ1n) is 9.76. The smallest absolute Gasteiger partial charge is 0.244 e. The largest absolute Gasteiger partial charge is 0.347 e. The Morgan fingerprint density at radius 2 is 2.07 bits per heavy atom. The molecule has 0 aliphatic carbocycles. The van der Waals surface area contributed by atoms with Gasteiger partial charge in [0.1, 0.15) is 5.69 Å². The zero-order chi connectivity index (χ0) is 19.5. The van der Waals surface area contributed by atoms with Crippen LogP contribution in [0, 0.1) is 0 Å². The lowest BCUT2D eigenvalue weighted by Crippen LogP contribution is -2.35. The zero-order valence-electron chi connectivity index (χ0n) is 15.9. The number of aryl methyl sites for hydroxylation is 1. The molecule has 8 nitrogen and oxygen atoms in total. The molecule has 1 aliphatic heterocycles. The monoisotopic (exact) mass is 387 g/mol. The minimum absolute atomic E-state index is 0.000468. The topological polar surface area (TPSA) is 96.6 Å². The lowest BCUT2D eigenvalue weighted by molar-refractivity contribution is 0.134. The van der Waals surface area contributed by atoms with E-state index in [1.165, 1.54) is 5.56 Å². The highest BCUT2D eigenvalue weighted by Crippen LogP contribution is 2.32. The molecular weight excluding hydrogens is 366 g/mol. The third kappa shape index (κ3) is 3.79. The number of nitrogens with zero attached hydrogens (tertiary/aromatic N) is 6. The van der Waals surface area contributed by atoms with Crippen molar-refractivity contribution in [1.29, 1.82) is 0 Å². The Balaban J connectivity index is 1.35. The van der Waals surface area contributed by atoms with Gasteiger partial charge in [0, 0.05) is 25.4 Å². The van der Waals surface area contributed by atoms with Crippen LogP contribution in [-0.2, 0) is 19.4 Å². The Morgan fingerprint density at radius 3 is 2.93 bits per heavy atom. The molecule has 0 fully saturated rings. The van der Waals surface area contributed by atoms with Crippen LogP contribution in [0.25, 0.3) is 11.5 Å². The van der Waals surface area contributed by atoms with Gasteiger partial charge in [-0.05, 0) is 24.9 Å². The maximum absolute atomic E-state index is 5.64. The molecule has 1 unspecified atom stereocenters. The lowest BCUT2D eigenvalue weighted by Gasteiger charge is -2.32. The van der Waals surface area contributed by atoms with E-state index in [0.29, 0.717) is 17.4 Å². The molecule has 1 aromatic carbocycles. The minimum atomic E-state index is -0.000468. The van der Waals surface area contributed by atoms with Crippen molar-refractivity contribution in [3.63, 3.8) is 0 Å². The number of benzene rings is 1. The van der Waals surface area contributed by atoms with Crippen LogP contribution in [0.4, 0.5) is 0 Å². The summed E-state index contributed by atoms with van der Waals surface area (Å²) in [5.74, 6) is 1.06. The summed E-state index contributed by atoms with van der Waals surface area (Å²) in [6, 6.07) is 10.6. The van der Waals surface area contributed by atoms with E-state index >= 15 is 0 Å². The molecule has 0 saturated heterocycles. The van der Waals surface area contributed by atoms with Gasteiger partial charge in [0.2, 0.25) is 11.7 Å². The third-order valence-corrected chi connectivity index (χ3v) is 5.27. The van der Waals surface area contributed by atoms with Crippen molar-refractivity contribution in [1.82, 2.24) is 35.0 Å². The van der Waals surface area contributed by atoms with Gasteiger partial charge in [-0.25, -0.2) is 9.97 Å². The van der Waals surface area contributed by atoms with Gasteiger partial charge in [0.25, 0.3) is 0 Å². The van der Waals surface area contributed by atoms with Crippen LogP contribution in [0.2, 0.25) is 0 Å². The minimum Gasteiger partial charge on any atom is -0.347 e. The van der Waals surface area contributed by atoms with E-state index in [1.54, 1.807) is 24.9 Å². The van der Waals surface area contributed by atoms with Gasteiger partial charge >= 0.3 is 0 Å². The Kier molecular flexibility index (Phi) is 4.83. The van der Waals surface area contributed by atoms with Gasteiger partial charge in [-0.3, -0.25) is 9.88 Å². The average molecular weight is 387 g/mol. The van der Waals surface area contributed by atoms with Gasteiger partial charge in [-0.15, -0.1) is 0 Å². The number of H-pyrrole nitrogens is 1.